The van der Waals surface area contributed by atoms with Crippen molar-refractivity contribution in [2.75, 3.05) is 25.7 Å². The van der Waals surface area contributed by atoms with E-state index in [4.69, 9.17) is 4.74 Å². The van der Waals surface area contributed by atoms with Gasteiger partial charge in [-0.05, 0) is 41.8 Å². The summed E-state index contributed by atoms with van der Waals surface area (Å²) >= 11 is 3.50. The molecule has 1 unspecified atom stereocenters. The molecule has 1 saturated carbocycles. The van der Waals surface area contributed by atoms with E-state index in [1.165, 1.54) is 18.4 Å². The van der Waals surface area contributed by atoms with E-state index in [2.05, 4.69) is 51.2 Å². The molecule has 1 atom stereocenters. The van der Waals surface area contributed by atoms with Crippen LogP contribution < -0.4 is 10.2 Å². The summed E-state index contributed by atoms with van der Waals surface area (Å²) in [7, 11) is 3.80. The Kier molecular flexibility index (Phi) is 5.19. The zero-order valence-corrected chi connectivity index (χ0v) is 13.4. The summed E-state index contributed by atoms with van der Waals surface area (Å²) in [6.45, 7) is 3.71. The lowest BCUT2D eigenvalue weighted by atomic mass is 10.2. The summed E-state index contributed by atoms with van der Waals surface area (Å²) < 4.78 is 6.25. The average Bonchev–Trinajstić information content (AvgIpc) is 3.20. The van der Waals surface area contributed by atoms with Crippen LogP contribution in [-0.4, -0.2) is 37.8 Å². The van der Waals surface area contributed by atoms with E-state index in [9.17, 15) is 0 Å². The van der Waals surface area contributed by atoms with Gasteiger partial charge in [0.1, 0.15) is 5.82 Å². The molecule has 5 heteroatoms. The number of rotatable bonds is 7. The Morgan fingerprint density at radius 2 is 2.32 bits per heavy atom. The van der Waals surface area contributed by atoms with Gasteiger partial charge < -0.3 is 15.0 Å². The fraction of sp³-hybridized carbons (Fsp3) is 0.643. The number of ether oxygens (including phenoxy) is 1. The monoisotopic (exact) mass is 327 g/mol. The first-order valence-corrected chi connectivity index (χ1v) is 7.50. The normalized spacial score (nSPS) is 16.4. The topological polar surface area (TPSA) is 37.4 Å². The van der Waals surface area contributed by atoms with Crippen molar-refractivity contribution in [3.8, 4) is 0 Å². The molecule has 0 spiro atoms. The number of halogens is 1. The van der Waals surface area contributed by atoms with Gasteiger partial charge in [0.2, 0.25) is 0 Å². The van der Waals surface area contributed by atoms with Gasteiger partial charge >= 0.3 is 0 Å². The van der Waals surface area contributed by atoms with Gasteiger partial charge in [-0.15, -0.1) is 0 Å². The van der Waals surface area contributed by atoms with Crippen LogP contribution in [0, 0.1) is 0 Å². The summed E-state index contributed by atoms with van der Waals surface area (Å²) in [5.74, 6) is 1.03. The van der Waals surface area contributed by atoms with Crippen molar-refractivity contribution < 1.29 is 4.74 Å². The summed E-state index contributed by atoms with van der Waals surface area (Å²) in [5.41, 5.74) is 1.23. The Morgan fingerprint density at radius 3 is 2.95 bits per heavy atom. The van der Waals surface area contributed by atoms with Crippen LogP contribution in [-0.2, 0) is 11.3 Å². The average molecular weight is 328 g/mol. The Labute approximate surface area is 123 Å². The molecule has 1 aliphatic rings. The molecule has 2 rings (SSSR count). The first-order chi connectivity index (χ1) is 9.11. The number of pyridine rings is 1. The molecule has 106 valence electrons. The van der Waals surface area contributed by atoms with Crippen LogP contribution in [0.1, 0.15) is 25.3 Å². The van der Waals surface area contributed by atoms with Gasteiger partial charge in [-0.3, -0.25) is 0 Å². The fourth-order valence-electron chi connectivity index (χ4n) is 2.03. The predicted molar refractivity (Wildman–Crippen MR) is 81.5 cm³/mol. The molecule has 1 heterocycles. The minimum absolute atomic E-state index is 0.304. The van der Waals surface area contributed by atoms with Crippen molar-refractivity contribution in [1.82, 2.24) is 10.3 Å². The molecule has 1 aromatic heterocycles. The van der Waals surface area contributed by atoms with Crippen molar-refractivity contribution in [2.45, 2.75) is 38.4 Å². The Hall–Kier alpha value is -0.650. The number of likely N-dealkylation sites (N-methyl/N-ethyl adjacent to an activating group) is 1. The lowest BCUT2D eigenvalue weighted by Crippen LogP contribution is -2.34. The van der Waals surface area contributed by atoms with E-state index in [0.717, 1.165) is 16.8 Å². The van der Waals surface area contributed by atoms with Crippen LogP contribution in [0.5, 0.6) is 0 Å². The van der Waals surface area contributed by atoms with E-state index >= 15 is 0 Å². The standard InChI is InChI=1S/C14H22BrN3O/c1-10(9-19-3)18(2)14-11(6-12(15)8-17-14)7-16-13-4-5-13/h6,8,10,13,16H,4-5,7,9H2,1-3H3. The Balaban J connectivity index is 2.11. The van der Waals surface area contributed by atoms with Crippen molar-refractivity contribution in [2.24, 2.45) is 0 Å². The maximum atomic E-state index is 5.22. The number of nitrogens with zero attached hydrogens (tertiary/aromatic N) is 2. The lowest BCUT2D eigenvalue weighted by Gasteiger charge is -2.27. The molecule has 1 fully saturated rings. The van der Waals surface area contributed by atoms with Crippen LogP contribution in [0.3, 0.4) is 0 Å². The maximum absolute atomic E-state index is 5.22. The smallest absolute Gasteiger partial charge is 0.133 e. The van der Waals surface area contributed by atoms with Crippen LogP contribution in [0.25, 0.3) is 0 Å². The minimum atomic E-state index is 0.304. The van der Waals surface area contributed by atoms with Gasteiger partial charge in [-0.2, -0.15) is 0 Å². The molecule has 0 amide bonds. The lowest BCUT2D eigenvalue weighted by molar-refractivity contribution is 0.183. The quantitative estimate of drug-likeness (QED) is 0.835. The number of aromatic nitrogens is 1. The Morgan fingerprint density at radius 1 is 1.58 bits per heavy atom. The molecule has 1 N–H and O–H groups in total. The molecular formula is C14H22BrN3O. The number of anilines is 1. The van der Waals surface area contributed by atoms with Gasteiger partial charge in [0.25, 0.3) is 0 Å². The number of hydrogen-bond acceptors (Lipinski definition) is 4. The first kappa shape index (κ1) is 14.8. The minimum Gasteiger partial charge on any atom is -0.383 e. The molecule has 1 aromatic rings. The van der Waals surface area contributed by atoms with Gasteiger partial charge in [-0.1, -0.05) is 0 Å². The first-order valence-electron chi connectivity index (χ1n) is 6.71. The third-order valence-electron chi connectivity index (χ3n) is 3.47. The van der Waals surface area contributed by atoms with Crippen LogP contribution in [0.15, 0.2) is 16.7 Å². The largest absolute Gasteiger partial charge is 0.383 e. The SMILES string of the molecule is COCC(C)N(C)c1ncc(Br)cc1CNC1CC1. The highest BCUT2D eigenvalue weighted by molar-refractivity contribution is 9.10. The molecule has 0 aliphatic heterocycles. The van der Waals surface area contributed by atoms with E-state index in [1.54, 1.807) is 7.11 Å². The van der Waals surface area contributed by atoms with E-state index in [0.29, 0.717) is 18.7 Å². The molecule has 0 aromatic carbocycles. The maximum Gasteiger partial charge on any atom is 0.133 e. The third-order valence-corrected chi connectivity index (χ3v) is 3.90. The second-order valence-electron chi connectivity index (χ2n) is 5.21. The molecule has 1 aliphatic carbocycles. The van der Waals surface area contributed by atoms with E-state index in [-0.39, 0.29) is 0 Å². The van der Waals surface area contributed by atoms with Crippen molar-refractivity contribution in [3.63, 3.8) is 0 Å². The van der Waals surface area contributed by atoms with Crippen LogP contribution >= 0.6 is 15.9 Å². The summed E-state index contributed by atoms with van der Waals surface area (Å²) in [4.78, 5) is 6.74. The van der Waals surface area contributed by atoms with Crippen molar-refractivity contribution >= 4 is 21.7 Å². The zero-order valence-electron chi connectivity index (χ0n) is 11.8. The van der Waals surface area contributed by atoms with Gasteiger partial charge in [-0.25, -0.2) is 4.98 Å². The van der Waals surface area contributed by atoms with Crippen molar-refractivity contribution in [3.05, 3.63) is 22.3 Å². The van der Waals surface area contributed by atoms with Crippen LogP contribution in [0.2, 0.25) is 0 Å². The van der Waals surface area contributed by atoms with E-state index in [1.807, 2.05) is 6.20 Å². The molecule has 19 heavy (non-hydrogen) atoms. The zero-order chi connectivity index (χ0) is 13.8. The highest BCUT2D eigenvalue weighted by Crippen LogP contribution is 2.24. The fourth-order valence-corrected chi connectivity index (χ4v) is 2.40. The number of methoxy groups -OCH3 is 1. The number of nitrogens with one attached hydrogen (secondary N) is 1. The highest BCUT2D eigenvalue weighted by Gasteiger charge is 2.22. The molecule has 0 radical (unpaired) electrons. The summed E-state index contributed by atoms with van der Waals surface area (Å²) in [6.07, 6.45) is 4.45. The van der Waals surface area contributed by atoms with E-state index < -0.39 is 0 Å². The predicted octanol–water partition coefficient (Wildman–Crippen LogP) is 2.57. The highest BCUT2D eigenvalue weighted by atomic mass is 79.9. The van der Waals surface area contributed by atoms with Gasteiger partial charge in [0.05, 0.1) is 12.6 Å². The van der Waals surface area contributed by atoms with Gasteiger partial charge in [0.15, 0.2) is 0 Å². The second kappa shape index (κ2) is 6.68. The molecule has 4 nitrogen and oxygen atoms in total. The third kappa shape index (κ3) is 4.16. The van der Waals surface area contributed by atoms with Crippen molar-refractivity contribution in [1.29, 1.82) is 0 Å². The number of hydrogen-bond donors (Lipinski definition) is 1. The molecule has 0 saturated heterocycles. The Bertz CT molecular complexity index is 423. The summed E-state index contributed by atoms with van der Waals surface area (Å²) in [6, 6.07) is 3.15. The van der Waals surface area contributed by atoms with Gasteiger partial charge in [0, 0.05) is 43.0 Å². The second-order valence-corrected chi connectivity index (χ2v) is 6.12. The molecular weight excluding hydrogens is 306 g/mol. The summed E-state index contributed by atoms with van der Waals surface area (Å²) in [5, 5.41) is 3.55. The van der Waals surface area contributed by atoms with Crippen LogP contribution in [0.4, 0.5) is 5.82 Å². The molecule has 0 bridgehead atoms.